The highest BCUT2D eigenvalue weighted by molar-refractivity contribution is 9.10. The van der Waals surface area contributed by atoms with E-state index in [9.17, 15) is 0 Å². The van der Waals surface area contributed by atoms with Gasteiger partial charge in [-0.05, 0) is 65.3 Å². The van der Waals surface area contributed by atoms with Gasteiger partial charge in [-0.3, -0.25) is 0 Å². The molecule has 0 amide bonds. The first-order valence-corrected chi connectivity index (χ1v) is 7.75. The Morgan fingerprint density at radius 2 is 1.47 bits per heavy atom. The molecule has 0 saturated heterocycles. The Bertz CT molecular complexity index is 661. The second-order valence-electron chi connectivity index (χ2n) is 6.46. The largest absolute Gasteiger partial charge is 0.0555 e. The first kappa shape index (κ1) is 11.7. The third-order valence-corrected chi connectivity index (χ3v) is 5.27. The molecular weight excluding hydrogens is 296 g/mol. The maximum atomic E-state index is 3.69. The Morgan fingerprint density at radius 1 is 0.895 bits per heavy atom. The minimum atomic E-state index is 0.133. The van der Waals surface area contributed by atoms with Gasteiger partial charge in [0.25, 0.3) is 0 Å². The first-order valence-electron chi connectivity index (χ1n) is 6.96. The van der Waals surface area contributed by atoms with Crippen LogP contribution in [0.5, 0.6) is 0 Å². The van der Waals surface area contributed by atoms with Crippen molar-refractivity contribution in [2.24, 2.45) is 0 Å². The second-order valence-corrected chi connectivity index (χ2v) is 7.37. The molecule has 0 N–H and O–H groups in total. The zero-order valence-corrected chi connectivity index (χ0v) is 13.2. The Balaban J connectivity index is 2.20. The Morgan fingerprint density at radius 3 is 2.16 bits per heavy atom. The third-order valence-electron chi connectivity index (χ3n) is 4.81. The maximum absolute atomic E-state index is 3.69. The fourth-order valence-corrected chi connectivity index (χ4v) is 4.42. The average Bonchev–Trinajstić information content (AvgIpc) is 2.56. The summed E-state index contributed by atoms with van der Waals surface area (Å²) in [6, 6.07) is 9.41. The second kappa shape index (κ2) is 3.52. The lowest BCUT2D eigenvalue weighted by Gasteiger charge is -2.22. The minimum Gasteiger partial charge on any atom is -0.0555 e. The van der Waals surface area contributed by atoms with Crippen LogP contribution in [-0.2, 0) is 18.3 Å². The van der Waals surface area contributed by atoms with Gasteiger partial charge >= 0.3 is 0 Å². The molecule has 2 aromatic rings. The quantitative estimate of drug-likeness (QED) is 0.630. The van der Waals surface area contributed by atoms with Crippen molar-refractivity contribution < 1.29 is 0 Å². The SMILES string of the molecule is Cc1cc2c3c(c1)C(C)(C)c1cc(Br)cc(c1-3)CC2. The summed E-state index contributed by atoms with van der Waals surface area (Å²) in [4.78, 5) is 0. The molecule has 96 valence electrons. The van der Waals surface area contributed by atoms with Gasteiger partial charge in [-0.15, -0.1) is 0 Å². The molecule has 0 heterocycles. The maximum Gasteiger partial charge on any atom is 0.0181 e. The molecule has 0 aliphatic heterocycles. The van der Waals surface area contributed by atoms with Crippen LogP contribution >= 0.6 is 15.9 Å². The van der Waals surface area contributed by atoms with Crippen molar-refractivity contribution in [1.82, 2.24) is 0 Å². The van der Waals surface area contributed by atoms with Crippen LogP contribution in [0.1, 0.15) is 41.7 Å². The Kier molecular flexibility index (Phi) is 2.17. The van der Waals surface area contributed by atoms with Crippen molar-refractivity contribution in [1.29, 1.82) is 0 Å². The predicted octanol–water partition coefficient (Wildman–Crippen LogP) is 5.16. The van der Waals surface area contributed by atoms with Crippen LogP contribution < -0.4 is 0 Å². The Labute approximate surface area is 123 Å². The number of aryl methyl sites for hydroxylation is 3. The Hall–Kier alpha value is -1.08. The van der Waals surface area contributed by atoms with Gasteiger partial charge in [0.15, 0.2) is 0 Å². The van der Waals surface area contributed by atoms with Crippen LogP contribution in [0.4, 0.5) is 0 Å². The van der Waals surface area contributed by atoms with Crippen LogP contribution in [0.25, 0.3) is 11.1 Å². The van der Waals surface area contributed by atoms with Gasteiger partial charge in [0, 0.05) is 9.89 Å². The third kappa shape index (κ3) is 1.40. The normalized spacial score (nSPS) is 17.5. The molecule has 19 heavy (non-hydrogen) atoms. The first-order chi connectivity index (χ1) is 8.98. The molecule has 0 bridgehead atoms. The van der Waals surface area contributed by atoms with Crippen molar-refractivity contribution in [2.45, 2.75) is 39.0 Å². The molecule has 0 fully saturated rings. The highest BCUT2D eigenvalue weighted by atomic mass is 79.9. The van der Waals surface area contributed by atoms with Gasteiger partial charge in [-0.1, -0.05) is 47.5 Å². The molecule has 0 saturated carbocycles. The van der Waals surface area contributed by atoms with Crippen molar-refractivity contribution in [3.63, 3.8) is 0 Å². The molecular formula is C18H17Br. The summed E-state index contributed by atoms with van der Waals surface area (Å²) >= 11 is 3.69. The number of hydrogen-bond donors (Lipinski definition) is 0. The summed E-state index contributed by atoms with van der Waals surface area (Å²) in [7, 11) is 0. The fourth-order valence-electron chi connectivity index (χ4n) is 3.91. The summed E-state index contributed by atoms with van der Waals surface area (Å²) in [5, 5.41) is 0. The van der Waals surface area contributed by atoms with Crippen LogP contribution in [0, 0.1) is 6.92 Å². The molecule has 0 radical (unpaired) electrons. The lowest BCUT2D eigenvalue weighted by Crippen LogP contribution is -2.15. The van der Waals surface area contributed by atoms with Crippen LogP contribution in [0.3, 0.4) is 0 Å². The van der Waals surface area contributed by atoms with Gasteiger partial charge < -0.3 is 0 Å². The summed E-state index contributed by atoms with van der Waals surface area (Å²) < 4.78 is 1.22. The van der Waals surface area contributed by atoms with E-state index in [4.69, 9.17) is 0 Å². The van der Waals surface area contributed by atoms with Crippen LogP contribution in [-0.4, -0.2) is 0 Å². The van der Waals surface area contributed by atoms with Crippen LogP contribution in [0.15, 0.2) is 28.7 Å². The molecule has 0 nitrogen and oxygen atoms in total. The summed E-state index contributed by atoms with van der Waals surface area (Å²) in [6.45, 7) is 6.95. The van der Waals surface area contributed by atoms with Crippen LogP contribution in [0.2, 0.25) is 0 Å². The molecule has 0 spiro atoms. The van der Waals surface area contributed by atoms with Gasteiger partial charge in [0.2, 0.25) is 0 Å². The standard InChI is InChI=1S/C18H17Br/c1-10-6-11-4-5-12-8-13(19)9-15-17(12)16(11)14(7-10)18(15,2)3/h6-9H,4-5H2,1-3H3. The van der Waals surface area contributed by atoms with Crippen molar-refractivity contribution >= 4 is 15.9 Å². The van der Waals surface area contributed by atoms with Gasteiger partial charge in [0.05, 0.1) is 0 Å². The van der Waals surface area contributed by atoms with E-state index in [-0.39, 0.29) is 5.41 Å². The van der Waals surface area contributed by atoms with E-state index >= 15 is 0 Å². The van der Waals surface area contributed by atoms with E-state index in [2.05, 4.69) is 61.0 Å². The highest BCUT2D eigenvalue weighted by Crippen LogP contribution is 2.54. The van der Waals surface area contributed by atoms with E-state index in [1.165, 1.54) is 45.1 Å². The number of benzene rings is 2. The number of rotatable bonds is 0. The highest BCUT2D eigenvalue weighted by Gasteiger charge is 2.39. The lowest BCUT2D eigenvalue weighted by molar-refractivity contribution is 0.659. The van der Waals surface area contributed by atoms with Gasteiger partial charge in [-0.25, -0.2) is 0 Å². The smallest absolute Gasteiger partial charge is 0.0181 e. The molecule has 0 unspecified atom stereocenters. The monoisotopic (exact) mass is 312 g/mol. The van der Waals surface area contributed by atoms with Gasteiger partial charge in [-0.2, -0.15) is 0 Å². The fraction of sp³-hybridized carbons (Fsp3) is 0.333. The summed E-state index contributed by atoms with van der Waals surface area (Å²) in [5.41, 5.74) is 10.7. The molecule has 4 rings (SSSR count). The predicted molar refractivity (Wildman–Crippen MR) is 83.9 cm³/mol. The molecule has 0 aromatic heterocycles. The minimum absolute atomic E-state index is 0.133. The molecule has 0 atom stereocenters. The number of hydrogen-bond acceptors (Lipinski definition) is 0. The zero-order valence-electron chi connectivity index (χ0n) is 11.6. The molecule has 1 heteroatoms. The van der Waals surface area contributed by atoms with E-state index < -0.39 is 0 Å². The molecule has 2 aliphatic rings. The molecule has 2 aromatic carbocycles. The van der Waals surface area contributed by atoms with E-state index in [0.29, 0.717) is 0 Å². The molecule has 2 aliphatic carbocycles. The number of halogens is 1. The van der Waals surface area contributed by atoms with Crippen molar-refractivity contribution in [3.05, 3.63) is 56.6 Å². The zero-order chi connectivity index (χ0) is 13.4. The van der Waals surface area contributed by atoms with Gasteiger partial charge in [0.1, 0.15) is 0 Å². The van der Waals surface area contributed by atoms with E-state index in [0.717, 1.165) is 0 Å². The van der Waals surface area contributed by atoms with Crippen molar-refractivity contribution in [2.75, 3.05) is 0 Å². The summed E-state index contributed by atoms with van der Waals surface area (Å²) in [6.07, 6.45) is 2.36. The summed E-state index contributed by atoms with van der Waals surface area (Å²) in [5.74, 6) is 0. The lowest BCUT2D eigenvalue weighted by atomic mass is 9.81. The van der Waals surface area contributed by atoms with E-state index in [1.807, 2.05) is 0 Å². The average molecular weight is 313 g/mol. The van der Waals surface area contributed by atoms with E-state index in [1.54, 1.807) is 11.1 Å². The van der Waals surface area contributed by atoms with Crippen molar-refractivity contribution in [3.8, 4) is 11.1 Å². The topological polar surface area (TPSA) is 0 Å².